The van der Waals surface area contributed by atoms with Gasteiger partial charge in [0.1, 0.15) is 0 Å². The Kier molecular flexibility index (Phi) is 1.89. The first kappa shape index (κ1) is 9.28. The van der Waals surface area contributed by atoms with Crippen molar-refractivity contribution in [2.75, 3.05) is 0 Å². The van der Waals surface area contributed by atoms with Gasteiger partial charge in [-0.05, 0) is 44.5 Å². The summed E-state index contributed by atoms with van der Waals surface area (Å²) in [7, 11) is 0. The van der Waals surface area contributed by atoms with E-state index in [4.69, 9.17) is 5.73 Å². The molecule has 0 saturated carbocycles. The van der Waals surface area contributed by atoms with Crippen LogP contribution in [0.4, 0.5) is 0 Å². The van der Waals surface area contributed by atoms with Gasteiger partial charge < -0.3 is 10.1 Å². The summed E-state index contributed by atoms with van der Waals surface area (Å²) in [5.74, 6) is 0. The van der Waals surface area contributed by atoms with Crippen LogP contribution < -0.4 is 5.73 Å². The van der Waals surface area contributed by atoms with Crippen molar-refractivity contribution in [1.82, 2.24) is 4.40 Å². The molecule has 0 amide bonds. The van der Waals surface area contributed by atoms with Gasteiger partial charge in [-0.2, -0.15) is 0 Å². The van der Waals surface area contributed by atoms with E-state index >= 15 is 0 Å². The van der Waals surface area contributed by atoms with Crippen molar-refractivity contribution < 1.29 is 0 Å². The van der Waals surface area contributed by atoms with Gasteiger partial charge in [0.2, 0.25) is 0 Å². The van der Waals surface area contributed by atoms with Crippen molar-refractivity contribution in [3.05, 3.63) is 41.7 Å². The van der Waals surface area contributed by atoms with Gasteiger partial charge in [0.05, 0.1) is 5.52 Å². The molecule has 0 bridgehead atoms. The van der Waals surface area contributed by atoms with Crippen LogP contribution in [0.25, 0.3) is 5.52 Å². The zero-order valence-corrected chi connectivity index (χ0v) is 8.91. The Bertz CT molecular complexity index is 461. The van der Waals surface area contributed by atoms with E-state index < -0.39 is 0 Å². The van der Waals surface area contributed by atoms with Crippen LogP contribution in [0.3, 0.4) is 0 Å². The van der Waals surface area contributed by atoms with E-state index in [-0.39, 0.29) is 5.54 Å². The number of aromatic nitrogens is 1. The summed E-state index contributed by atoms with van der Waals surface area (Å²) in [4.78, 5) is 0. The second-order valence-electron chi connectivity index (χ2n) is 4.38. The van der Waals surface area contributed by atoms with Gasteiger partial charge in [-0.25, -0.2) is 0 Å². The van der Waals surface area contributed by atoms with Crippen LogP contribution >= 0.6 is 0 Å². The van der Waals surface area contributed by atoms with Crippen molar-refractivity contribution in [3.63, 3.8) is 0 Å². The minimum Gasteiger partial charge on any atom is -0.322 e. The van der Waals surface area contributed by atoms with Gasteiger partial charge in [0.15, 0.2) is 0 Å². The van der Waals surface area contributed by atoms with Crippen LogP contribution in [0.2, 0.25) is 0 Å². The smallest absolute Gasteiger partial charge is 0.0503 e. The van der Waals surface area contributed by atoms with Gasteiger partial charge >= 0.3 is 0 Å². The summed E-state index contributed by atoms with van der Waals surface area (Å²) in [5.41, 5.74) is 9.49. The normalized spacial score (nSPS) is 12.3. The third kappa shape index (κ3) is 1.32. The third-order valence-corrected chi connectivity index (χ3v) is 2.56. The largest absolute Gasteiger partial charge is 0.322 e. The van der Waals surface area contributed by atoms with Crippen LogP contribution in [-0.4, -0.2) is 4.40 Å². The number of hydrogen-bond acceptors (Lipinski definition) is 1. The maximum Gasteiger partial charge on any atom is 0.0503 e. The number of nitrogens with two attached hydrogens (primary N) is 1. The number of rotatable bonds is 1. The molecule has 0 unspecified atom stereocenters. The summed E-state index contributed by atoms with van der Waals surface area (Å²) in [6.07, 6.45) is 2.07. The molecule has 0 aliphatic rings. The van der Waals surface area contributed by atoms with Gasteiger partial charge in [-0.1, -0.05) is 6.07 Å². The molecule has 0 aromatic carbocycles. The lowest BCUT2D eigenvalue weighted by Gasteiger charge is -2.17. The quantitative estimate of drug-likeness (QED) is 0.732. The lowest BCUT2D eigenvalue weighted by molar-refractivity contribution is 0.560. The zero-order chi connectivity index (χ0) is 10.3. The molecule has 2 aromatic rings. The minimum absolute atomic E-state index is 0.277. The molecule has 2 N–H and O–H groups in total. The van der Waals surface area contributed by atoms with E-state index in [1.54, 1.807) is 0 Å². The highest BCUT2D eigenvalue weighted by Gasteiger charge is 2.19. The molecular weight excluding hydrogens is 172 g/mol. The van der Waals surface area contributed by atoms with E-state index in [0.717, 1.165) is 0 Å². The monoisotopic (exact) mass is 188 g/mol. The molecule has 0 saturated heterocycles. The number of fused-ring (bicyclic) bond motifs is 1. The zero-order valence-electron chi connectivity index (χ0n) is 8.91. The number of pyridine rings is 1. The first-order valence-electron chi connectivity index (χ1n) is 4.86. The summed E-state index contributed by atoms with van der Waals surface area (Å²) in [6.45, 7) is 6.17. The minimum atomic E-state index is -0.277. The molecule has 0 atom stereocenters. The van der Waals surface area contributed by atoms with E-state index in [9.17, 15) is 0 Å². The van der Waals surface area contributed by atoms with Crippen LogP contribution in [0.5, 0.6) is 0 Å². The molecule has 0 radical (unpaired) electrons. The molecule has 2 aromatic heterocycles. The maximum atomic E-state index is 6.12. The van der Waals surface area contributed by atoms with E-state index in [2.05, 4.69) is 29.7 Å². The Morgan fingerprint density at radius 3 is 2.64 bits per heavy atom. The lowest BCUT2D eigenvalue weighted by atomic mass is 9.96. The molecule has 74 valence electrons. The molecule has 0 fully saturated rings. The van der Waals surface area contributed by atoms with Gasteiger partial charge in [-0.15, -0.1) is 0 Å². The summed E-state index contributed by atoms with van der Waals surface area (Å²) >= 11 is 0. The number of nitrogens with zero attached hydrogens (tertiary/aromatic N) is 1. The van der Waals surface area contributed by atoms with Gasteiger partial charge in [-0.3, -0.25) is 0 Å². The lowest BCUT2D eigenvalue weighted by Crippen LogP contribution is -2.28. The topological polar surface area (TPSA) is 30.4 Å². The Morgan fingerprint density at radius 1 is 1.29 bits per heavy atom. The number of aryl methyl sites for hydroxylation is 1. The van der Waals surface area contributed by atoms with Crippen molar-refractivity contribution in [1.29, 1.82) is 0 Å². The molecule has 2 nitrogen and oxygen atoms in total. The Labute approximate surface area is 84.3 Å². The second kappa shape index (κ2) is 2.85. The van der Waals surface area contributed by atoms with E-state index in [1.807, 2.05) is 26.0 Å². The first-order valence-corrected chi connectivity index (χ1v) is 4.86. The Balaban J connectivity index is 2.80. The molecule has 0 aliphatic heterocycles. The van der Waals surface area contributed by atoms with Crippen LogP contribution in [0, 0.1) is 6.92 Å². The fourth-order valence-electron chi connectivity index (χ4n) is 1.84. The molecule has 14 heavy (non-hydrogen) atoms. The number of hydrogen-bond donors (Lipinski definition) is 1. The highest BCUT2D eigenvalue weighted by molar-refractivity contribution is 5.60. The molecule has 2 heteroatoms. The van der Waals surface area contributed by atoms with Crippen molar-refractivity contribution in [2.24, 2.45) is 5.73 Å². The molecular formula is C12H16N2. The fourth-order valence-corrected chi connectivity index (χ4v) is 1.84. The molecule has 2 rings (SSSR count). The van der Waals surface area contributed by atoms with Crippen LogP contribution in [-0.2, 0) is 5.54 Å². The van der Waals surface area contributed by atoms with Crippen LogP contribution in [0.1, 0.15) is 25.1 Å². The third-order valence-electron chi connectivity index (χ3n) is 2.56. The summed E-state index contributed by atoms with van der Waals surface area (Å²) < 4.78 is 2.17. The molecule has 0 aliphatic carbocycles. The standard InChI is InChI=1S/C12H16N2/c1-9-8-10(12(2,3)13)11-6-4-5-7-14(9)11/h4-8H,13H2,1-3H3. The molecule has 2 heterocycles. The van der Waals surface area contributed by atoms with Crippen molar-refractivity contribution >= 4 is 5.52 Å². The van der Waals surface area contributed by atoms with Crippen molar-refractivity contribution in [3.8, 4) is 0 Å². The first-order chi connectivity index (χ1) is 6.50. The molecule has 0 spiro atoms. The SMILES string of the molecule is Cc1cc(C(C)(C)N)c2ccccn12. The summed E-state index contributed by atoms with van der Waals surface area (Å²) in [5, 5.41) is 0. The van der Waals surface area contributed by atoms with Crippen molar-refractivity contribution in [2.45, 2.75) is 26.3 Å². The maximum absolute atomic E-state index is 6.12. The van der Waals surface area contributed by atoms with Gasteiger partial charge in [0.25, 0.3) is 0 Å². The highest BCUT2D eigenvalue weighted by Crippen LogP contribution is 2.25. The second-order valence-corrected chi connectivity index (χ2v) is 4.38. The predicted octanol–water partition coefficient (Wildman–Crippen LogP) is 2.44. The Hall–Kier alpha value is -1.28. The highest BCUT2D eigenvalue weighted by atomic mass is 14.9. The Morgan fingerprint density at radius 2 is 2.00 bits per heavy atom. The van der Waals surface area contributed by atoms with Crippen LogP contribution in [0.15, 0.2) is 30.5 Å². The van der Waals surface area contributed by atoms with E-state index in [0.29, 0.717) is 0 Å². The average Bonchev–Trinajstić information content (AvgIpc) is 2.44. The average molecular weight is 188 g/mol. The predicted molar refractivity (Wildman–Crippen MR) is 59.3 cm³/mol. The summed E-state index contributed by atoms with van der Waals surface area (Å²) in [6, 6.07) is 8.35. The van der Waals surface area contributed by atoms with E-state index in [1.165, 1.54) is 16.8 Å². The fraction of sp³-hybridized carbons (Fsp3) is 0.333. The van der Waals surface area contributed by atoms with Gasteiger partial charge in [0, 0.05) is 17.4 Å².